The van der Waals surface area contributed by atoms with Crippen LogP contribution in [0.3, 0.4) is 0 Å². The monoisotopic (exact) mass is 294 g/mol. The van der Waals surface area contributed by atoms with Crippen LogP contribution >= 0.6 is 11.3 Å². The van der Waals surface area contributed by atoms with Gasteiger partial charge in [0, 0.05) is 7.47 Å². The Morgan fingerprint density at radius 1 is 1.60 bits per heavy atom. The van der Waals surface area contributed by atoms with Crippen molar-refractivity contribution in [2.75, 3.05) is 20.1 Å². The third-order valence-electron chi connectivity index (χ3n) is 3.52. The first-order valence-electron chi connectivity index (χ1n) is 6.66. The first kappa shape index (κ1) is 14.7. The number of amidine groups is 1. The summed E-state index contributed by atoms with van der Waals surface area (Å²) in [7, 11) is 2.08. The van der Waals surface area contributed by atoms with Crippen molar-refractivity contribution in [1.29, 1.82) is 5.41 Å². The van der Waals surface area contributed by atoms with Gasteiger partial charge in [-0.2, -0.15) is 0 Å². The number of nitrogens with zero attached hydrogens (tertiary/aromatic N) is 2. The predicted molar refractivity (Wildman–Crippen MR) is 84.2 cm³/mol. The molecule has 0 unspecified atom stereocenters. The molecule has 0 saturated carbocycles. The molecule has 1 aromatic rings. The van der Waals surface area contributed by atoms with E-state index in [2.05, 4.69) is 11.9 Å². The van der Waals surface area contributed by atoms with Gasteiger partial charge in [-0.15, -0.1) is 11.3 Å². The van der Waals surface area contributed by atoms with E-state index < -0.39 is 0 Å². The van der Waals surface area contributed by atoms with Gasteiger partial charge in [0.25, 0.3) is 5.91 Å². The fraction of sp³-hybridized carbons (Fsp3) is 0.429. The largest absolute Gasteiger partial charge is 0.404 e. The average Bonchev–Trinajstić information content (AvgIpc) is 2.95. The number of amides is 1. The molecule has 1 aliphatic rings. The highest BCUT2D eigenvalue weighted by molar-refractivity contribution is 7.12. The first-order chi connectivity index (χ1) is 9.63. The summed E-state index contributed by atoms with van der Waals surface area (Å²) in [6.45, 7) is 1.89. The highest BCUT2D eigenvalue weighted by Crippen LogP contribution is 2.21. The Morgan fingerprint density at radius 3 is 2.85 bits per heavy atom. The molecule has 3 N–H and O–H groups in total. The topological polar surface area (TPSA) is 73.4 Å². The van der Waals surface area contributed by atoms with Crippen molar-refractivity contribution < 1.29 is 6.22 Å². The summed E-state index contributed by atoms with van der Waals surface area (Å²) in [6.07, 6.45) is 4.55. The van der Waals surface area contributed by atoms with Crippen molar-refractivity contribution in [3.63, 3.8) is 0 Å². The highest BCUT2D eigenvalue weighted by atomic mass is 32.1. The lowest BCUT2D eigenvalue weighted by molar-refractivity contribution is 0.0753. The molecule has 0 aliphatic carbocycles. The van der Waals surface area contributed by atoms with Crippen LogP contribution in [0.1, 0.15) is 23.9 Å². The van der Waals surface area contributed by atoms with Crippen LogP contribution in [0, 0.1) is 5.41 Å². The van der Waals surface area contributed by atoms with Gasteiger partial charge < -0.3 is 10.6 Å². The smallest absolute Gasteiger partial charge is 0.269 e. The Kier molecular flexibility index (Phi) is 4.92. The second kappa shape index (κ2) is 6.67. The molecule has 20 heavy (non-hydrogen) atoms. The van der Waals surface area contributed by atoms with Gasteiger partial charge in [0.2, 0.25) is 0 Å². The van der Waals surface area contributed by atoms with Crippen LogP contribution in [-0.2, 0) is 0 Å². The van der Waals surface area contributed by atoms with Crippen molar-refractivity contribution in [3.8, 4) is 0 Å². The molecule has 1 aromatic heterocycles. The van der Waals surface area contributed by atoms with Crippen LogP contribution in [-0.4, -0.2) is 47.7 Å². The quantitative estimate of drug-likeness (QED) is 0.661. The van der Waals surface area contributed by atoms with Crippen LogP contribution in [0.5, 0.6) is 0 Å². The van der Waals surface area contributed by atoms with Crippen LogP contribution < -0.4 is 5.73 Å². The molecule has 0 bridgehead atoms. The van der Waals surface area contributed by atoms with E-state index in [0.29, 0.717) is 4.88 Å². The normalized spacial score (nSPS) is 17.4. The van der Waals surface area contributed by atoms with Crippen molar-refractivity contribution in [3.05, 3.63) is 34.7 Å². The first-order valence-corrected chi connectivity index (χ1v) is 7.54. The number of hydrogen-bond donors (Lipinski definition) is 2. The summed E-state index contributed by atoms with van der Waals surface area (Å²) in [6, 6.07) is 3.73. The van der Waals surface area contributed by atoms with Gasteiger partial charge in [-0.25, -0.2) is 0 Å². The number of carbonyl (C=O) groups excluding carboxylic acids is 1. The number of hydrogen-bond acceptors (Lipinski definition) is 5. The lowest BCUT2D eigenvalue weighted by atomic mass is 10.0. The number of nitrogens with one attached hydrogen (secondary N) is 1. The van der Waals surface area contributed by atoms with E-state index in [4.69, 9.17) is 11.1 Å². The molecular weight excluding hydrogens is 272 g/mol. The molecular formula is C14H22N4OS. The van der Waals surface area contributed by atoms with Crippen molar-refractivity contribution in [2.24, 2.45) is 5.73 Å². The summed E-state index contributed by atoms with van der Waals surface area (Å²) in [4.78, 5) is 17.1. The third-order valence-corrected chi connectivity index (χ3v) is 4.38. The molecule has 1 fully saturated rings. The van der Waals surface area contributed by atoms with Crippen LogP contribution in [0.4, 0.5) is 0 Å². The fourth-order valence-corrected chi connectivity index (χ4v) is 3.08. The zero-order chi connectivity index (χ0) is 14.5. The SMILES string of the molecule is CN1CCC(N(C(=N)/C=C\N)C(=O)c2cccs2)CC1.[HH]. The third kappa shape index (κ3) is 3.26. The van der Waals surface area contributed by atoms with E-state index >= 15 is 0 Å². The number of likely N-dealkylation sites (tertiary alicyclic amines) is 1. The van der Waals surface area contributed by atoms with Gasteiger partial charge in [-0.1, -0.05) is 6.07 Å². The highest BCUT2D eigenvalue weighted by Gasteiger charge is 2.30. The Labute approximate surface area is 124 Å². The van der Waals surface area contributed by atoms with E-state index in [1.165, 1.54) is 23.6 Å². The number of nitrogens with two attached hydrogens (primary N) is 1. The summed E-state index contributed by atoms with van der Waals surface area (Å²) >= 11 is 1.41. The van der Waals surface area contributed by atoms with E-state index in [0.717, 1.165) is 25.9 Å². The number of rotatable bonds is 3. The second-order valence-electron chi connectivity index (χ2n) is 4.93. The molecule has 0 aromatic carbocycles. The molecule has 5 nitrogen and oxygen atoms in total. The summed E-state index contributed by atoms with van der Waals surface area (Å²) < 4.78 is 0. The number of piperidine rings is 1. The van der Waals surface area contributed by atoms with Crippen LogP contribution in [0.15, 0.2) is 29.8 Å². The molecule has 2 rings (SSSR count). The average molecular weight is 294 g/mol. The lowest BCUT2D eigenvalue weighted by Crippen LogP contribution is -2.48. The molecule has 1 aliphatic heterocycles. The van der Waals surface area contributed by atoms with Crippen LogP contribution in [0.2, 0.25) is 0 Å². The summed E-state index contributed by atoms with van der Waals surface area (Å²) in [5, 5.41) is 9.97. The molecule has 6 heteroatoms. The Hall–Kier alpha value is -1.66. The van der Waals surface area contributed by atoms with Crippen molar-refractivity contribution in [1.82, 2.24) is 9.80 Å². The van der Waals surface area contributed by atoms with Gasteiger partial charge in [0.1, 0.15) is 5.84 Å². The van der Waals surface area contributed by atoms with Gasteiger partial charge in [0.05, 0.1) is 4.88 Å². The van der Waals surface area contributed by atoms with Crippen molar-refractivity contribution in [2.45, 2.75) is 18.9 Å². The van der Waals surface area contributed by atoms with Gasteiger partial charge in [0.15, 0.2) is 0 Å². The van der Waals surface area contributed by atoms with Gasteiger partial charge in [-0.05, 0) is 56.7 Å². The molecule has 0 radical (unpaired) electrons. The number of carbonyl (C=O) groups is 1. The summed E-state index contributed by atoms with van der Waals surface area (Å²) in [5.41, 5.74) is 5.37. The fourth-order valence-electron chi connectivity index (χ4n) is 2.42. The summed E-state index contributed by atoms with van der Waals surface area (Å²) in [5.74, 6) is 0.0677. The Bertz CT molecular complexity index is 495. The second-order valence-corrected chi connectivity index (χ2v) is 5.88. The predicted octanol–water partition coefficient (Wildman–Crippen LogP) is 1.98. The zero-order valence-corrected chi connectivity index (χ0v) is 12.4. The van der Waals surface area contributed by atoms with Gasteiger partial charge >= 0.3 is 0 Å². The maximum Gasteiger partial charge on any atom is 0.269 e. The standard InChI is InChI=1S/C14H20N4OS.H2/c1-17-8-5-11(6-9-17)18(13(16)4-7-15)14(19)12-3-2-10-20-12;/h2-4,7,10-11,16H,5-6,8-9,15H2,1H3;1H/b7-4-,16-13?;. The van der Waals surface area contributed by atoms with Crippen LogP contribution in [0.25, 0.3) is 0 Å². The van der Waals surface area contributed by atoms with E-state index in [1.807, 2.05) is 11.4 Å². The Balaban J connectivity index is 0.00000220. The van der Waals surface area contributed by atoms with E-state index in [9.17, 15) is 4.79 Å². The minimum absolute atomic E-state index is 0. The minimum Gasteiger partial charge on any atom is -0.404 e. The molecule has 1 amide bonds. The lowest BCUT2D eigenvalue weighted by Gasteiger charge is -2.36. The maximum atomic E-state index is 12.6. The minimum atomic E-state index is -0.0994. The molecule has 1 saturated heterocycles. The molecule has 0 spiro atoms. The zero-order valence-electron chi connectivity index (χ0n) is 11.6. The van der Waals surface area contributed by atoms with E-state index in [1.54, 1.807) is 11.0 Å². The Morgan fingerprint density at radius 2 is 2.30 bits per heavy atom. The van der Waals surface area contributed by atoms with Crippen molar-refractivity contribution >= 4 is 23.1 Å². The molecule has 2 heterocycles. The number of thiophene rings is 1. The van der Waals surface area contributed by atoms with Gasteiger partial charge in [-0.3, -0.25) is 15.1 Å². The maximum absolute atomic E-state index is 12.6. The van der Waals surface area contributed by atoms with E-state index in [-0.39, 0.29) is 19.2 Å². The molecule has 0 atom stereocenters. The molecule has 110 valence electrons.